The lowest BCUT2D eigenvalue weighted by molar-refractivity contribution is -0.135. The normalized spacial score (nSPS) is 18.3. The molecule has 1 aliphatic rings. The average molecular weight is 212 g/mol. The van der Waals surface area contributed by atoms with Gasteiger partial charge in [-0.2, -0.15) is 0 Å². The summed E-state index contributed by atoms with van der Waals surface area (Å²) in [6.45, 7) is 6.68. The van der Waals surface area contributed by atoms with Crippen LogP contribution in [-0.2, 0) is 4.79 Å². The van der Waals surface area contributed by atoms with Crippen molar-refractivity contribution in [2.24, 2.45) is 11.8 Å². The average Bonchev–Trinajstić information content (AvgIpc) is 2.16. The van der Waals surface area contributed by atoms with E-state index in [0.717, 1.165) is 25.6 Å². The van der Waals surface area contributed by atoms with E-state index in [1.54, 1.807) is 0 Å². The molecule has 0 aromatic heterocycles. The molecule has 0 spiro atoms. The minimum Gasteiger partial charge on any atom is -0.342 e. The van der Waals surface area contributed by atoms with Crippen LogP contribution in [0.5, 0.6) is 0 Å². The molecule has 1 amide bonds. The van der Waals surface area contributed by atoms with Crippen LogP contribution in [0.2, 0.25) is 0 Å². The Balaban J connectivity index is 2.37. The molecular formula is C12H24N2O. The van der Waals surface area contributed by atoms with E-state index in [2.05, 4.69) is 12.2 Å². The highest BCUT2D eigenvalue weighted by Gasteiger charge is 2.24. The van der Waals surface area contributed by atoms with Gasteiger partial charge < -0.3 is 10.2 Å². The quantitative estimate of drug-likeness (QED) is 0.723. The number of hydrogen-bond donors (Lipinski definition) is 1. The molecule has 1 unspecified atom stereocenters. The molecule has 1 rings (SSSR count). The van der Waals surface area contributed by atoms with Crippen molar-refractivity contribution in [2.75, 3.05) is 26.7 Å². The Morgan fingerprint density at radius 2 is 2.20 bits per heavy atom. The van der Waals surface area contributed by atoms with Gasteiger partial charge in [0.1, 0.15) is 0 Å². The summed E-state index contributed by atoms with van der Waals surface area (Å²) in [6.07, 6.45) is 3.97. The van der Waals surface area contributed by atoms with Crippen LogP contribution in [0.1, 0.15) is 33.1 Å². The molecule has 0 saturated heterocycles. The Bertz CT molecular complexity index is 202. The Hall–Kier alpha value is -0.570. The van der Waals surface area contributed by atoms with Crippen molar-refractivity contribution >= 4 is 5.91 Å². The number of nitrogens with one attached hydrogen (secondary N) is 1. The van der Waals surface area contributed by atoms with Crippen LogP contribution in [0, 0.1) is 11.8 Å². The van der Waals surface area contributed by atoms with Crippen molar-refractivity contribution in [1.29, 1.82) is 0 Å². The molecule has 0 aromatic carbocycles. The first-order valence-electron chi connectivity index (χ1n) is 6.12. The third-order valence-electron chi connectivity index (χ3n) is 3.33. The second kappa shape index (κ2) is 6.11. The first-order valence-corrected chi connectivity index (χ1v) is 6.12. The van der Waals surface area contributed by atoms with Crippen molar-refractivity contribution < 1.29 is 4.79 Å². The lowest BCUT2D eigenvalue weighted by Crippen LogP contribution is -2.42. The first-order chi connectivity index (χ1) is 7.19. The maximum atomic E-state index is 12.0. The fourth-order valence-corrected chi connectivity index (χ4v) is 2.07. The monoisotopic (exact) mass is 212 g/mol. The van der Waals surface area contributed by atoms with Crippen molar-refractivity contribution in [3.05, 3.63) is 0 Å². The topological polar surface area (TPSA) is 32.3 Å². The lowest BCUT2D eigenvalue weighted by Gasteiger charge is -2.33. The Morgan fingerprint density at radius 3 is 2.60 bits per heavy atom. The van der Waals surface area contributed by atoms with Crippen molar-refractivity contribution in [2.45, 2.75) is 33.1 Å². The molecule has 3 nitrogen and oxygen atoms in total. The molecule has 0 radical (unpaired) electrons. The van der Waals surface area contributed by atoms with Crippen LogP contribution >= 0.6 is 0 Å². The second-order valence-corrected chi connectivity index (χ2v) is 4.63. The molecule has 0 heterocycles. The number of carbonyl (C=O) groups is 1. The van der Waals surface area contributed by atoms with Crippen molar-refractivity contribution in [3.63, 3.8) is 0 Å². The minimum atomic E-state index is 0.107. The molecule has 1 saturated carbocycles. The van der Waals surface area contributed by atoms with Gasteiger partial charge >= 0.3 is 0 Å². The van der Waals surface area contributed by atoms with Gasteiger partial charge in [-0.25, -0.2) is 0 Å². The lowest BCUT2D eigenvalue weighted by atomic mass is 9.85. The molecule has 1 aliphatic carbocycles. The first kappa shape index (κ1) is 12.5. The number of nitrogens with zero attached hydrogens (tertiary/aromatic N) is 1. The van der Waals surface area contributed by atoms with Crippen LogP contribution in [0.3, 0.4) is 0 Å². The fraction of sp³-hybridized carbons (Fsp3) is 0.917. The standard InChI is InChI=1S/C12H24N2O/c1-4-14(9-11-6-5-7-11)12(15)10(2)8-13-3/h10-11,13H,4-9H2,1-3H3. The highest BCUT2D eigenvalue weighted by atomic mass is 16.2. The van der Waals surface area contributed by atoms with Gasteiger partial charge in [-0.3, -0.25) is 4.79 Å². The number of hydrogen-bond acceptors (Lipinski definition) is 2. The van der Waals surface area contributed by atoms with Gasteiger partial charge in [-0.15, -0.1) is 0 Å². The molecule has 1 fully saturated rings. The summed E-state index contributed by atoms with van der Waals surface area (Å²) in [5, 5.41) is 3.06. The van der Waals surface area contributed by atoms with E-state index >= 15 is 0 Å². The highest BCUT2D eigenvalue weighted by molar-refractivity contribution is 5.78. The van der Waals surface area contributed by atoms with E-state index in [4.69, 9.17) is 0 Å². The third-order valence-corrected chi connectivity index (χ3v) is 3.33. The van der Waals surface area contributed by atoms with Crippen LogP contribution < -0.4 is 5.32 Å². The second-order valence-electron chi connectivity index (χ2n) is 4.63. The molecule has 15 heavy (non-hydrogen) atoms. The Morgan fingerprint density at radius 1 is 1.53 bits per heavy atom. The molecule has 3 heteroatoms. The van der Waals surface area contributed by atoms with Crippen LogP contribution in [0.25, 0.3) is 0 Å². The maximum Gasteiger partial charge on any atom is 0.226 e. The van der Waals surface area contributed by atoms with E-state index in [1.165, 1.54) is 19.3 Å². The number of amides is 1. The summed E-state index contributed by atoms with van der Waals surface area (Å²) in [7, 11) is 1.89. The Kier molecular flexibility index (Phi) is 5.09. The molecule has 1 atom stereocenters. The zero-order valence-corrected chi connectivity index (χ0v) is 10.3. The van der Waals surface area contributed by atoms with Gasteiger partial charge in [-0.1, -0.05) is 13.3 Å². The van der Waals surface area contributed by atoms with Crippen LogP contribution in [0.15, 0.2) is 0 Å². The molecule has 0 aliphatic heterocycles. The summed E-state index contributed by atoms with van der Waals surface area (Å²) >= 11 is 0. The fourth-order valence-electron chi connectivity index (χ4n) is 2.07. The van der Waals surface area contributed by atoms with Crippen molar-refractivity contribution in [3.8, 4) is 0 Å². The molecule has 0 aromatic rings. The zero-order valence-electron chi connectivity index (χ0n) is 10.3. The van der Waals surface area contributed by atoms with E-state index in [1.807, 2.05) is 18.9 Å². The summed E-state index contributed by atoms with van der Waals surface area (Å²) in [4.78, 5) is 14.0. The minimum absolute atomic E-state index is 0.107. The van der Waals surface area contributed by atoms with Gasteiger partial charge in [0, 0.05) is 25.6 Å². The molecular weight excluding hydrogens is 188 g/mol. The third kappa shape index (κ3) is 3.49. The highest BCUT2D eigenvalue weighted by Crippen LogP contribution is 2.27. The summed E-state index contributed by atoms with van der Waals surface area (Å²) < 4.78 is 0. The summed E-state index contributed by atoms with van der Waals surface area (Å²) in [5.41, 5.74) is 0. The van der Waals surface area contributed by atoms with E-state index < -0.39 is 0 Å². The summed E-state index contributed by atoms with van der Waals surface area (Å²) in [5.74, 6) is 1.18. The molecule has 0 bridgehead atoms. The predicted molar refractivity (Wildman–Crippen MR) is 62.7 cm³/mol. The van der Waals surface area contributed by atoms with Gasteiger partial charge in [0.2, 0.25) is 5.91 Å². The SMILES string of the molecule is CCN(CC1CCC1)C(=O)C(C)CNC. The molecule has 1 N–H and O–H groups in total. The van der Waals surface area contributed by atoms with Crippen molar-refractivity contribution in [1.82, 2.24) is 10.2 Å². The largest absolute Gasteiger partial charge is 0.342 e. The summed E-state index contributed by atoms with van der Waals surface area (Å²) in [6, 6.07) is 0. The van der Waals surface area contributed by atoms with Gasteiger partial charge in [-0.05, 0) is 32.7 Å². The van der Waals surface area contributed by atoms with Crippen LogP contribution in [-0.4, -0.2) is 37.5 Å². The maximum absolute atomic E-state index is 12.0. The van der Waals surface area contributed by atoms with E-state index in [9.17, 15) is 4.79 Å². The van der Waals surface area contributed by atoms with E-state index in [0.29, 0.717) is 5.91 Å². The van der Waals surface area contributed by atoms with Gasteiger partial charge in [0.05, 0.1) is 0 Å². The number of carbonyl (C=O) groups excluding carboxylic acids is 1. The predicted octanol–water partition coefficient (Wildman–Crippen LogP) is 1.49. The van der Waals surface area contributed by atoms with Gasteiger partial charge in [0.15, 0.2) is 0 Å². The zero-order chi connectivity index (χ0) is 11.3. The molecule has 88 valence electrons. The van der Waals surface area contributed by atoms with Gasteiger partial charge in [0.25, 0.3) is 0 Å². The number of rotatable bonds is 6. The van der Waals surface area contributed by atoms with Crippen LogP contribution in [0.4, 0.5) is 0 Å². The smallest absolute Gasteiger partial charge is 0.226 e. The van der Waals surface area contributed by atoms with E-state index in [-0.39, 0.29) is 5.92 Å². The Labute approximate surface area is 93.2 Å².